The molecule has 0 bridgehead atoms. The molecule has 0 radical (unpaired) electrons. The Bertz CT molecular complexity index is 600. The summed E-state index contributed by atoms with van der Waals surface area (Å²) in [4.78, 5) is 22.8. The number of aromatic nitrogens is 2. The van der Waals surface area contributed by atoms with Gasteiger partial charge in [0.2, 0.25) is 0 Å². The van der Waals surface area contributed by atoms with Gasteiger partial charge in [0.1, 0.15) is 5.75 Å². The normalized spacial score (nSPS) is 9.85. The summed E-state index contributed by atoms with van der Waals surface area (Å²) in [5.41, 5.74) is 0. The number of ether oxygens (including phenoxy) is 2. The van der Waals surface area contributed by atoms with Crippen molar-refractivity contribution in [1.29, 1.82) is 0 Å². The molecule has 0 unspecified atom stereocenters. The lowest BCUT2D eigenvalue weighted by atomic mass is 10.3. The van der Waals surface area contributed by atoms with Crippen LogP contribution >= 0.6 is 11.5 Å². The number of anilines is 1. The lowest BCUT2D eigenvalue weighted by Gasteiger charge is -2.05. The van der Waals surface area contributed by atoms with E-state index in [1.807, 2.05) is 0 Å². The summed E-state index contributed by atoms with van der Waals surface area (Å²) in [6.45, 7) is 1.65. The van der Waals surface area contributed by atoms with Gasteiger partial charge in [0.25, 0.3) is 5.88 Å². The highest BCUT2D eigenvalue weighted by molar-refractivity contribution is 7.10. The molecule has 20 heavy (non-hydrogen) atoms. The molecule has 0 aliphatic carbocycles. The van der Waals surface area contributed by atoms with Crippen LogP contribution in [0.5, 0.6) is 11.6 Å². The standard InChI is InChI=1S/C12H11N3O4S/c1-2-9(16)19-10-11(20-15-14-10)13-12(17)18-8-6-4-3-5-7-8/h3-7H,2H2,1H3,(H,13,17). The van der Waals surface area contributed by atoms with Gasteiger partial charge in [-0.3, -0.25) is 10.1 Å². The number of hydrogen-bond donors (Lipinski definition) is 1. The van der Waals surface area contributed by atoms with Gasteiger partial charge < -0.3 is 9.47 Å². The van der Waals surface area contributed by atoms with E-state index in [1.165, 1.54) is 0 Å². The number of nitrogens with zero attached hydrogens (tertiary/aromatic N) is 2. The molecule has 0 saturated heterocycles. The van der Waals surface area contributed by atoms with Gasteiger partial charge in [0.15, 0.2) is 5.00 Å². The quantitative estimate of drug-likeness (QED) is 0.871. The van der Waals surface area contributed by atoms with Crippen molar-refractivity contribution in [3.05, 3.63) is 30.3 Å². The number of carbonyl (C=O) groups excluding carboxylic acids is 2. The molecule has 0 aliphatic rings. The molecule has 2 aromatic rings. The van der Waals surface area contributed by atoms with E-state index >= 15 is 0 Å². The highest BCUT2D eigenvalue weighted by atomic mass is 32.1. The molecule has 0 atom stereocenters. The van der Waals surface area contributed by atoms with E-state index in [2.05, 4.69) is 14.9 Å². The van der Waals surface area contributed by atoms with E-state index in [9.17, 15) is 9.59 Å². The highest BCUT2D eigenvalue weighted by Gasteiger charge is 2.16. The summed E-state index contributed by atoms with van der Waals surface area (Å²) in [5.74, 6) is -0.0985. The number of amides is 1. The molecular formula is C12H11N3O4S. The average molecular weight is 293 g/mol. The van der Waals surface area contributed by atoms with Crippen molar-refractivity contribution in [3.63, 3.8) is 0 Å². The van der Waals surface area contributed by atoms with E-state index in [-0.39, 0.29) is 17.3 Å². The maximum atomic E-state index is 11.7. The topological polar surface area (TPSA) is 90.4 Å². The van der Waals surface area contributed by atoms with E-state index in [4.69, 9.17) is 9.47 Å². The van der Waals surface area contributed by atoms with Gasteiger partial charge in [0, 0.05) is 18.0 Å². The third-order valence-electron chi connectivity index (χ3n) is 2.13. The largest absolute Gasteiger partial charge is 0.417 e. The van der Waals surface area contributed by atoms with E-state index < -0.39 is 12.1 Å². The van der Waals surface area contributed by atoms with Gasteiger partial charge in [0.05, 0.1) is 0 Å². The second kappa shape index (κ2) is 6.62. The van der Waals surface area contributed by atoms with Crippen LogP contribution in [-0.2, 0) is 4.79 Å². The monoisotopic (exact) mass is 293 g/mol. The molecule has 1 amide bonds. The van der Waals surface area contributed by atoms with Crippen LogP contribution in [0.1, 0.15) is 13.3 Å². The molecule has 1 N–H and O–H groups in total. The first-order chi connectivity index (χ1) is 9.69. The number of nitrogens with one attached hydrogen (secondary N) is 1. The fourth-order valence-electron chi connectivity index (χ4n) is 1.22. The molecule has 1 aromatic carbocycles. The smallest absolute Gasteiger partial charge is 0.410 e. The van der Waals surface area contributed by atoms with Gasteiger partial charge in [-0.25, -0.2) is 4.79 Å². The summed E-state index contributed by atoms with van der Waals surface area (Å²) < 4.78 is 13.6. The van der Waals surface area contributed by atoms with Crippen LogP contribution in [0.2, 0.25) is 0 Å². The zero-order valence-corrected chi connectivity index (χ0v) is 11.3. The summed E-state index contributed by atoms with van der Waals surface area (Å²) >= 11 is 0.891. The minimum Gasteiger partial charge on any atom is -0.410 e. The lowest BCUT2D eigenvalue weighted by molar-refractivity contribution is -0.134. The number of rotatable bonds is 4. The molecule has 7 nitrogen and oxygen atoms in total. The maximum absolute atomic E-state index is 11.7. The number of carbonyl (C=O) groups is 2. The van der Waals surface area contributed by atoms with Crippen molar-refractivity contribution < 1.29 is 19.1 Å². The van der Waals surface area contributed by atoms with Crippen molar-refractivity contribution >= 4 is 28.6 Å². The van der Waals surface area contributed by atoms with Gasteiger partial charge in [-0.05, 0) is 12.1 Å². The molecule has 0 aliphatic heterocycles. The van der Waals surface area contributed by atoms with Crippen LogP contribution < -0.4 is 14.8 Å². The molecule has 2 rings (SSSR count). The Kier molecular flexibility index (Phi) is 4.61. The Labute approximate surface area is 118 Å². The zero-order chi connectivity index (χ0) is 14.4. The van der Waals surface area contributed by atoms with Gasteiger partial charge in [-0.15, -0.1) is 0 Å². The minimum absolute atomic E-state index is 0.0353. The SMILES string of the molecule is CCC(=O)Oc1nnsc1NC(=O)Oc1ccccc1. The Hall–Kier alpha value is -2.48. The third kappa shape index (κ3) is 3.75. The molecule has 104 valence electrons. The predicted molar refractivity (Wildman–Crippen MR) is 71.9 cm³/mol. The highest BCUT2D eigenvalue weighted by Crippen LogP contribution is 2.26. The average Bonchev–Trinajstić information content (AvgIpc) is 2.86. The molecular weight excluding hydrogens is 282 g/mol. The van der Waals surface area contributed by atoms with Crippen molar-refractivity contribution in [2.75, 3.05) is 5.32 Å². The van der Waals surface area contributed by atoms with Crippen LogP contribution in [-0.4, -0.2) is 21.6 Å². The van der Waals surface area contributed by atoms with Crippen molar-refractivity contribution in [3.8, 4) is 11.6 Å². The van der Waals surface area contributed by atoms with E-state index in [1.54, 1.807) is 37.3 Å². The molecule has 0 fully saturated rings. The van der Waals surface area contributed by atoms with Gasteiger partial charge >= 0.3 is 12.1 Å². The molecule has 1 aromatic heterocycles. The maximum Gasteiger partial charge on any atom is 0.417 e. The number of hydrogen-bond acceptors (Lipinski definition) is 7. The second-order valence-corrected chi connectivity index (χ2v) is 4.32. The fourth-order valence-corrected chi connectivity index (χ4v) is 1.71. The Balaban J connectivity index is 1.98. The lowest BCUT2D eigenvalue weighted by Crippen LogP contribution is -2.17. The summed E-state index contributed by atoms with van der Waals surface area (Å²) in [6, 6.07) is 8.57. The third-order valence-corrected chi connectivity index (χ3v) is 2.75. The predicted octanol–water partition coefficient (Wildman–Crippen LogP) is 2.46. The Morgan fingerprint density at radius 2 is 2.00 bits per heavy atom. The summed E-state index contributed by atoms with van der Waals surface area (Å²) in [7, 11) is 0. The van der Waals surface area contributed by atoms with Crippen molar-refractivity contribution in [2.45, 2.75) is 13.3 Å². The Morgan fingerprint density at radius 3 is 2.70 bits per heavy atom. The van der Waals surface area contributed by atoms with Crippen LogP contribution in [0.25, 0.3) is 0 Å². The zero-order valence-electron chi connectivity index (χ0n) is 10.5. The number of esters is 1. The van der Waals surface area contributed by atoms with E-state index in [0.29, 0.717) is 5.75 Å². The minimum atomic E-state index is -0.712. The number of para-hydroxylation sites is 1. The van der Waals surface area contributed by atoms with Crippen LogP contribution in [0.3, 0.4) is 0 Å². The second-order valence-electron chi connectivity index (χ2n) is 3.56. The summed E-state index contributed by atoms with van der Waals surface area (Å²) in [5, 5.41) is 6.26. The molecule has 8 heteroatoms. The molecule has 0 saturated carbocycles. The van der Waals surface area contributed by atoms with Crippen molar-refractivity contribution in [1.82, 2.24) is 9.59 Å². The summed E-state index contributed by atoms with van der Waals surface area (Å²) in [6.07, 6.45) is -0.512. The van der Waals surface area contributed by atoms with Crippen LogP contribution in [0.4, 0.5) is 9.80 Å². The number of benzene rings is 1. The van der Waals surface area contributed by atoms with Gasteiger partial charge in [-0.2, -0.15) is 0 Å². The van der Waals surface area contributed by atoms with Crippen molar-refractivity contribution in [2.24, 2.45) is 0 Å². The van der Waals surface area contributed by atoms with E-state index in [0.717, 1.165) is 11.5 Å². The first-order valence-electron chi connectivity index (χ1n) is 5.76. The molecule has 0 spiro atoms. The first-order valence-corrected chi connectivity index (χ1v) is 6.53. The Morgan fingerprint density at radius 1 is 1.25 bits per heavy atom. The van der Waals surface area contributed by atoms with Crippen LogP contribution in [0.15, 0.2) is 30.3 Å². The van der Waals surface area contributed by atoms with Gasteiger partial charge in [-0.1, -0.05) is 34.7 Å². The fraction of sp³-hybridized carbons (Fsp3) is 0.167. The molecule has 1 heterocycles. The first kappa shape index (κ1) is 13.9. The van der Waals surface area contributed by atoms with Crippen LogP contribution in [0, 0.1) is 0 Å².